The summed E-state index contributed by atoms with van der Waals surface area (Å²) in [7, 11) is 0. The van der Waals surface area contributed by atoms with E-state index in [-0.39, 0.29) is 23.9 Å². The summed E-state index contributed by atoms with van der Waals surface area (Å²) in [5, 5.41) is 22.0. The fourth-order valence-electron chi connectivity index (χ4n) is 6.03. The number of anilines is 2. The van der Waals surface area contributed by atoms with E-state index in [1.54, 1.807) is 64.2 Å². The number of rotatable bonds is 4. The molecule has 258 valence electrons. The lowest BCUT2D eigenvalue weighted by atomic mass is 9.91. The summed E-state index contributed by atoms with van der Waals surface area (Å²) in [5.41, 5.74) is 1.90. The predicted octanol–water partition coefficient (Wildman–Crippen LogP) is 8.80. The van der Waals surface area contributed by atoms with Gasteiger partial charge >= 0.3 is 12.1 Å². The highest BCUT2D eigenvalue weighted by molar-refractivity contribution is 6.31. The van der Waals surface area contributed by atoms with E-state index < -0.39 is 11.6 Å². The lowest BCUT2D eigenvalue weighted by Crippen LogP contribution is -2.42. The summed E-state index contributed by atoms with van der Waals surface area (Å²) < 4.78 is 1.56. The molecule has 4 amide bonds. The molecule has 1 aromatic heterocycles. The molecule has 0 radical (unpaired) electrons. The van der Waals surface area contributed by atoms with E-state index in [9.17, 15) is 19.5 Å². The van der Waals surface area contributed by atoms with Crippen molar-refractivity contribution in [3.63, 3.8) is 0 Å². The van der Waals surface area contributed by atoms with E-state index in [2.05, 4.69) is 16.0 Å². The van der Waals surface area contributed by atoms with E-state index in [0.29, 0.717) is 73.0 Å². The quantitative estimate of drug-likeness (QED) is 0.170. The number of carbonyl (C=O) groups excluding carboxylic acids is 3. The Kier molecular flexibility index (Phi) is 12.0. The van der Waals surface area contributed by atoms with Gasteiger partial charge in [-0.2, -0.15) is 0 Å². The van der Waals surface area contributed by atoms with Crippen LogP contribution in [0.5, 0.6) is 0 Å². The van der Waals surface area contributed by atoms with Crippen LogP contribution < -0.4 is 16.0 Å². The fraction of sp³-hybridized carbons (Fsp3) is 0.342. The van der Waals surface area contributed by atoms with Crippen LogP contribution in [0.15, 0.2) is 85.1 Å². The Morgan fingerprint density at radius 3 is 2.16 bits per heavy atom. The number of benzene rings is 3. The Hall–Kier alpha value is -4.31. The van der Waals surface area contributed by atoms with Crippen molar-refractivity contribution >= 4 is 69.5 Å². The van der Waals surface area contributed by atoms with Gasteiger partial charge in [0.1, 0.15) is 0 Å². The second kappa shape index (κ2) is 16.4. The van der Waals surface area contributed by atoms with Gasteiger partial charge in [0.25, 0.3) is 0 Å². The van der Waals surface area contributed by atoms with Gasteiger partial charge in [0.2, 0.25) is 5.91 Å². The Balaban J connectivity index is 1.39. The van der Waals surface area contributed by atoms with Gasteiger partial charge < -0.3 is 26.0 Å². The topological polar surface area (TPSA) is 116 Å². The number of urea groups is 1. The van der Waals surface area contributed by atoms with Gasteiger partial charge in [0.15, 0.2) is 0 Å². The van der Waals surface area contributed by atoms with Crippen LogP contribution >= 0.6 is 23.2 Å². The average molecular weight is 705 g/mol. The fourth-order valence-corrected chi connectivity index (χ4v) is 6.28. The lowest BCUT2D eigenvalue weighted by molar-refractivity contribution is -0.125. The standard InChI is InChI=1S/C38H43Cl2N5O4/c1-26-7-5-21-38(2,49)22-6-23-44(36(47)42-30-16-11-28(39)12-17-30)24-20-32(41-35(26)46)15-10-27-25-45(34-9-4-3-8-33(27)34)37(48)43-31-18-13-29(40)14-19-31/h3-4,8-19,25-26,32,49H,5-7,20-24H2,1-2H3,(H,41,46)(H,42,47)(H,43,48)/b15-10+/t26?,32?,38-/m0/s1. The number of nitrogens with one attached hydrogen (secondary N) is 3. The summed E-state index contributed by atoms with van der Waals surface area (Å²) in [5.74, 6) is -0.342. The number of para-hydroxylation sites is 1. The van der Waals surface area contributed by atoms with E-state index in [0.717, 1.165) is 16.5 Å². The number of amides is 4. The molecule has 1 aliphatic rings. The molecule has 1 aliphatic heterocycles. The first-order chi connectivity index (χ1) is 23.5. The van der Waals surface area contributed by atoms with Gasteiger partial charge in [0, 0.05) is 63.6 Å². The lowest BCUT2D eigenvalue weighted by Gasteiger charge is -2.29. The average Bonchev–Trinajstić information content (AvgIpc) is 3.45. The third-order valence-electron chi connectivity index (χ3n) is 8.93. The van der Waals surface area contributed by atoms with Crippen molar-refractivity contribution in [2.75, 3.05) is 23.7 Å². The number of aliphatic hydroxyl groups is 1. The molecule has 11 heteroatoms. The number of halogens is 2. The van der Waals surface area contributed by atoms with Crippen LogP contribution in [0.25, 0.3) is 17.0 Å². The smallest absolute Gasteiger partial charge is 0.330 e. The predicted molar refractivity (Wildman–Crippen MR) is 198 cm³/mol. The summed E-state index contributed by atoms with van der Waals surface area (Å²) in [6.07, 6.45) is 9.18. The zero-order valence-electron chi connectivity index (χ0n) is 27.8. The minimum atomic E-state index is -0.880. The van der Waals surface area contributed by atoms with Gasteiger partial charge in [-0.05, 0) is 100 Å². The van der Waals surface area contributed by atoms with E-state index in [1.165, 1.54) is 0 Å². The second-order valence-electron chi connectivity index (χ2n) is 13.0. The molecule has 2 heterocycles. The highest BCUT2D eigenvalue weighted by Crippen LogP contribution is 2.26. The molecule has 3 atom stereocenters. The van der Waals surface area contributed by atoms with Gasteiger partial charge in [-0.25, -0.2) is 9.59 Å². The van der Waals surface area contributed by atoms with Crippen LogP contribution in [0, 0.1) is 5.92 Å². The van der Waals surface area contributed by atoms with E-state index >= 15 is 0 Å². The number of hydrogen-bond acceptors (Lipinski definition) is 4. The molecule has 9 nitrogen and oxygen atoms in total. The SMILES string of the molecule is CC1CCC[C@](C)(O)CCCN(C(=O)Nc2ccc(Cl)cc2)CCC(/C=C/c2cn(C(=O)Nc3ccc(Cl)cc3)c3ccccc23)NC1=O. The number of fused-ring (bicyclic) bond motifs is 1. The molecule has 5 rings (SSSR count). The number of aromatic nitrogens is 1. The van der Waals surface area contributed by atoms with E-state index in [4.69, 9.17) is 23.2 Å². The molecule has 4 N–H and O–H groups in total. The van der Waals surface area contributed by atoms with Crippen molar-refractivity contribution in [2.45, 2.75) is 64.0 Å². The third-order valence-corrected chi connectivity index (χ3v) is 9.43. The van der Waals surface area contributed by atoms with Crippen molar-refractivity contribution in [3.8, 4) is 0 Å². The monoisotopic (exact) mass is 703 g/mol. The summed E-state index contributed by atoms with van der Waals surface area (Å²) in [4.78, 5) is 41.9. The van der Waals surface area contributed by atoms with Gasteiger partial charge in [-0.15, -0.1) is 0 Å². The molecule has 4 aromatic rings. The van der Waals surface area contributed by atoms with Crippen molar-refractivity contribution < 1.29 is 19.5 Å². The van der Waals surface area contributed by atoms with Gasteiger partial charge in [0.05, 0.1) is 11.1 Å². The second-order valence-corrected chi connectivity index (χ2v) is 13.9. The minimum Gasteiger partial charge on any atom is -0.390 e. The first-order valence-corrected chi connectivity index (χ1v) is 17.4. The molecular weight excluding hydrogens is 661 g/mol. The number of carbonyl (C=O) groups is 3. The first kappa shape index (κ1) is 36.0. The largest absolute Gasteiger partial charge is 0.390 e. The van der Waals surface area contributed by atoms with Crippen LogP contribution in [0.2, 0.25) is 10.0 Å². The Morgan fingerprint density at radius 2 is 1.49 bits per heavy atom. The number of hydrogen-bond donors (Lipinski definition) is 4. The van der Waals surface area contributed by atoms with Crippen LogP contribution in [0.4, 0.5) is 21.0 Å². The third kappa shape index (κ3) is 10.1. The highest BCUT2D eigenvalue weighted by atomic mass is 35.5. The molecule has 0 bridgehead atoms. The molecule has 0 saturated carbocycles. The van der Waals surface area contributed by atoms with Gasteiger partial charge in [-0.1, -0.05) is 60.5 Å². The van der Waals surface area contributed by atoms with Crippen LogP contribution in [0.3, 0.4) is 0 Å². The molecule has 3 aromatic carbocycles. The maximum Gasteiger partial charge on any atom is 0.330 e. The minimum absolute atomic E-state index is 0.0895. The molecule has 1 saturated heterocycles. The van der Waals surface area contributed by atoms with Crippen molar-refractivity contribution in [1.82, 2.24) is 14.8 Å². The zero-order chi connectivity index (χ0) is 35.0. The van der Waals surface area contributed by atoms with Gasteiger partial charge in [-0.3, -0.25) is 9.36 Å². The van der Waals surface area contributed by atoms with E-state index in [1.807, 2.05) is 50.3 Å². The molecule has 1 fully saturated rings. The zero-order valence-corrected chi connectivity index (χ0v) is 29.3. The molecule has 0 spiro atoms. The number of nitrogens with zero attached hydrogens (tertiary/aromatic N) is 2. The Labute approximate surface area is 297 Å². The van der Waals surface area contributed by atoms with Crippen LogP contribution in [-0.2, 0) is 4.79 Å². The highest BCUT2D eigenvalue weighted by Gasteiger charge is 2.25. The molecule has 49 heavy (non-hydrogen) atoms. The normalized spacial score (nSPS) is 21.2. The molecule has 2 unspecified atom stereocenters. The van der Waals surface area contributed by atoms with Crippen LogP contribution in [0.1, 0.15) is 57.9 Å². The summed E-state index contributed by atoms with van der Waals surface area (Å²) in [6.45, 7) is 4.51. The summed E-state index contributed by atoms with van der Waals surface area (Å²) in [6, 6.07) is 20.5. The molecular formula is C38H43Cl2N5O4. The molecule has 0 aliphatic carbocycles. The van der Waals surface area contributed by atoms with Crippen molar-refractivity contribution in [2.24, 2.45) is 5.92 Å². The summed E-state index contributed by atoms with van der Waals surface area (Å²) >= 11 is 12.0. The maximum absolute atomic E-state index is 13.5. The van der Waals surface area contributed by atoms with Crippen molar-refractivity contribution in [1.29, 1.82) is 0 Å². The maximum atomic E-state index is 13.5. The van der Waals surface area contributed by atoms with Crippen LogP contribution in [-0.4, -0.2) is 57.3 Å². The first-order valence-electron chi connectivity index (χ1n) is 16.7. The Morgan fingerprint density at radius 1 is 0.878 bits per heavy atom. The Bertz CT molecular complexity index is 1790. The van der Waals surface area contributed by atoms with Crippen molar-refractivity contribution in [3.05, 3.63) is 101 Å².